The topological polar surface area (TPSA) is 20.2 Å². The SMILES string of the molecule is Oc1c(CC2CCCCC2)cccc1CC1CCCCC1. The number of phenols is 1. The predicted octanol–water partition coefficient (Wildman–Crippen LogP) is 5.64. The Hall–Kier alpha value is -0.980. The lowest BCUT2D eigenvalue weighted by atomic mass is 9.82. The maximum atomic E-state index is 10.7. The summed E-state index contributed by atoms with van der Waals surface area (Å²) in [5.41, 5.74) is 2.41. The molecule has 1 aromatic carbocycles. The van der Waals surface area contributed by atoms with Crippen molar-refractivity contribution in [1.29, 1.82) is 0 Å². The maximum Gasteiger partial charge on any atom is 0.121 e. The van der Waals surface area contributed by atoms with Gasteiger partial charge in [0.25, 0.3) is 0 Å². The fourth-order valence-corrected chi connectivity index (χ4v) is 4.38. The van der Waals surface area contributed by atoms with E-state index >= 15 is 0 Å². The van der Waals surface area contributed by atoms with Crippen LogP contribution in [0.3, 0.4) is 0 Å². The average Bonchev–Trinajstić information content (AvgIpc) is 2.53. The van der Waals surface area contributed by atoms with Crippen molar-refractivity contribution in [2.75, 3.05) is 0 Å². The van der Waals surface area contributed by atoms with Gasteiger partial charge >= 0.3 is 0 Å². The van der Waals surface area contributed by atoms with E-state index in [4.69, 9.17) is 0 Å². The highest BCUT2D eigenvalue weighted by atomic mass is 16.3. The third-order valence-corrected chi connectivity index (χ3v) is 5.67. The minimum atomic E-state index is 0.619. The fraction of sp³-hybridized carbons (Fsp3) is 0.700. The summed E-state index contributed by atoms with van der Waals surface area (Å²) in [6, 6.07) is 6.46. The quantitative estimate of drug-likeness (QED) is 0.759. The molecule has 0 atom stereocenters. The summed E-state index contributed by atoms with van der Waals surface area (Å²) < 4.78 is 0. The van der Waals surface area contributed by atoms with Crippen LogP contribution in [0.1, 0.15) is 75.3 Å². The van der Waals surface area contributed by atoms with E-state index in [9.17, 15) is 5.11 Å². The standard InChI is InChI=1S/C20H30O/c21-20-18(14-16-8-3-1-4-9-16)12-7-13-19(20)15-17-10-5-2-6-11-17/h7,12-13,16-17,21H,1-6,8-11,14-15H2. The van der Waals surface area contributed by atoms with E-state index in [2.05, 4.69) is 18.2 Å². The second-order valence-corrected chi connectivity index (χ2v) is 7.34. The van der Waals surface area contributed by atoms with Gasteiger partial charge in [-0.3, -0.25) is 0 Å². The summed E-state index contributed by atoms with van der Waals surface area (Å²) in [6.45, 7) is 0. The van der Waals surface area contributed by atoms with Crippen LogP contribution in [0.5, 0.6) is 5.75 Å². The van der Waals surface area contributed by atoms with Gasteiger partial charge in [-0.15, -0.1) is 0 Å². The van der Waals surface area contributed by atoms with Gasteiger partial charge in [-0.2, -0.15) is 0 Å². The van der Waals surface area contributed by atoms with Crippen molar-refractivity contribution >= 4 is 0 Å². The predicted molar refractivity (Wildman–Crippen MR) is 88.7 cm³/mol. The lowest BCUT2D eigenvalue weighted by Gasteiger charge is -2.24. The van der Waals surface area contributed by atoms with Gasteiger partial charge in [-0.05, 0) is 35.8 Å². The number of aromatic hydroxyl groups is 1. The number of hydrogen-bond acceptors (Lipinski definition) is 1. The average molecular weight is 286 g/mol. The summed E-state index contributed by atoms with van der Waals surface area (Å²) >= 11 is 0. The van der Waals surface area contributed by atoms with Crippen molar-refractivity contribution in [3.05, 3.63) is 29.3 Å². The third kappa shape index (κ3) is 4.02. The van der Waals surface area contributed by atoms with Crippen molar-refractivity contribution in [2.24, 2.45) is 11.8 Å². The molecule has 0 aromatic heterocycles. The van der Waals surface area contributed by atoms with Gasteiger partial charge in [0.2, 0.25) is 0 Å². The number of hydrogen-bond donors (Lipinski definition) is 1. The van der Waals surface area contributed by atoms with E-state index in [0.717, 1.165) is 24.7 Å². The van der Waals surface area contributed by atoms with Crippen LogP contribution >= 0.6 is 0 Å². The molecule has 0 spiro atoms. The van der Waals surface area contributed by atoms with Gasteiger partial charge < -0.3 is 5.11 Å². The van der Waals surface area contributed by atoms with E-state index in [1.165, 1.54) is 75.3 Å². The zero-order valence-electron chi connectivity index (χ0n) is 13.3. The molecule has 3 rings (SSSR count). The summed E-state index contributed by atoms with van der Waals surface area (Å²) in [6.07, 6.45) is 15.9. The molecule has 1 N–H and O–H groups in total. The molecule has 1 aromatic rings. The lowest BCUT2D eigenvalue weighted by Crippen LogP contribution is -2.11. The summed E-state index contributed by atoms with van der Waals surface area (Å²) in [5.74, 6) is 2.22. The first kappa shape index (κ1) is 14.9. The molecule has 0 radical (unpaired) electrons. The Morgan fingerprint density at radius 1 is 0.714 bits per heavy atom. The van der Waals surface area contributed by atoms with Crippen LogP contribution in [-0.2, 0) is 12.8 Å². The molecule has 1 nitrogen and oxygen atoms in total. The highest BCUT2D eigenvalue weighted by Crippen LogP contribution is 2.34. The largest absolute Gasteiger partial charge is 0.507 e. The molecule has 2 aliphatic carbocycles. The molecule has 0 aliphatic heterocycles. The van der Waals surface area contributed by atoms with Gasteiger partial charge in [-0.25, -0.2) is 0 Å². The highest BCUT2D eigenvalue weighted by Gasteiger charge is 2.19. The number of para-hydroxylation sites is 1. The van der Waals surface area contributed by atoms with E-state index in [0.29, 0.717) is 5.75 Å². The first-order valence-corrected chi connectivity index (χ1v) is 9.12. The van der Waals surface area contributed by atoms with Crippen molar-refractivity contribution in [3.8, 4) is 5.75 Å². The Morgan fingerprint density at radius 3 is 1.57 bits per heavy atom. The van der Waals surface area contributed by atoms with E-state index in [1.807, 2.05) is 0 Å². The lowest BCUT2D eigenvalue weighted by molar-refractivity contribution is 0.344. The van der Waals surface area contributed by atoms with E-state index in [-0.39, 0.29) is 0 Å². The van der Waals surface area contributed by atoms with Crippen LogP contribution in [0.4, 0.5) is 0 Å². The summed E-state index contributed by atoms with van der Waals surface area (Å²) in [7, 11) is 0. The highest BCUT2D eigenvalue weighted by molar-refractivity contribution is 5.41. The minimum Gasteiger partial charge on any atom is -0.507 e. The first-order chi connectivity index (χ1) is 10.3. The van der Waals surface area contributed by atoms with Gasteiger partial charge in [0.1, 0.15) is 5.75 Å². The van der Waals surface area contributed by atoms with Gasteiger partial charge in [0.05, 0.1) is 0 Å². The molecule has 0 heterocycles. The Labute approximate surface area is 129 Å². The van der Waals surface area contributed by atoms with Crippen LogP contribution in [0, 0.1) is 11.8 Å². The summed E-state index contributed by atoms with van der Waals surface area (Å²) in [4.78, 5) is 0. The Morgan fingerprint density at radius 2 is 1.14 bits per heavy atom. The normalized spacial score (nSPS) is 21.5. The van der Waals surface area contributed by atoms with Gasteiger partial charge in [0, 0.05) is 0 Å². The maximum absolute atomic E-state index is 10.7. The number of benzene rings is 1. The Balaban J connectivity index is 1.65. The molecule has 2 fully saturated rings. The van der Waals surface area contributed by atoms with Gasteiger partial charge in [-0.1, -0.05) is 82.4 Å². The Bertz CT molecular complexity index is 401. The second-order valence-electron chi connectivity index (χ2n) is 7.34. The molecule has 1 heteroatoms. The molecule has 2 saturated carbocycles. The number of rotatable bonds is 4. The zero-order valence-corrected chi connectivity index (χ0v) is 13.3. The smallest absolute Gasteiger partial charge is 0.121 e. The molecule has 2 aliphatic rings. The van der Waals surface area contributed by atoms with Crippen LogP contribution < -0.4 is 0 Å². The molecule has 0 amide bonds. The second kappa shape index (κ2) is 7.33. The molecule has 0 unspecified atom stereocenters. The molecular formula is C20H30O. The minimum absolute atomic E-state index is 0.619. The van der Waals surface area contributed by atoms with Crippen molar-refractivity contribution in [3.63, 3.8) is 0 Å². The fourth-order valence-electron chi connectivity index (χ4n) is 4.38. The van der Waals surface area contributed by atoms with Gasteiger partial charge in [0.15, 0.2) is 0 Å². The molecule has 21 heavy (non-hydrogen) atoms. The van der Waals surface area contributed by atoms with Crippen molar-refractivity contribution < 1.29 is 5.11 Å². The number of phenolic OH excluding ortho intramolecular Hbond substituents is 1. The van der Waals surface area contributed by atoms with Crippen LogP contribution in [0.25, 0.3) is 0 Å². The van der Waals surface area contributed by atoms with E-state index < -0.39 is 0 Å². The van der Waals surface area contributed by atoms with E-state index in [1.54, 1.807) is 0 Å². The molecule has 0 saturated heterocycles. The Kier molecular flexibility index (Phi) is 5.22. The first-order valence-electron chi connectivity index (χ1n) is 9.12. The molecule has 0 bridgehead atoms. The van der Waals surface area contributed by atoms with Crippen LogP contribution in [0.2, 0.25) is 0 Å². The third-order valence-electron chi connectivity index (χ3n) is 5.67. The van der Waals surface area contributed by atoms with Crippen LogP contribution in [0.15, 0.2) is 18.2 Å². The zero-order chi connectivity index (χ0) is 14.5. The monoisotopic (exact) mass is 286 g/mol. The summed E-state index contributed by atoms with van der Waals surface area (Å²) in [5, 5.41) is 10.7. The molecule has 116 valence electrons. The van der Waals surface area contributed by atoms with Crippen LogP contribution in [-0.4, -0.2) is 5.11 Å². The molecular weight excluding hydrogens is 256 g/mol. The van der Waals surface area contributed by atoms with Crippen molar-refractivity contribution in [2.45, 2.75) is 77.0 Å². The van der Waals surface area contributed by atoms with Crippen molar-refractivity contribution in [1.82, 2.24) is 0 Å².